The topological polar surface area (TPSA) is 49.8 Å². The number of benzene rings is 2. The van der Waals surface area contributed by atoms with Gasteiger partial charge in [0, 0.05) is 13.1 Å². The quantitative estimate of drug-likeness (QED) is 0.697. The van der Waals surface area contributed by atoms with Gasteiger partial charge >= 0.3 is 5.97 Å². The first-order valence-corrected chi connectivity index (χ1v) is 9.99. The smallest absolute Gasteiger partial charge is 0.307 e. The number of rotatable bonds is 8. The zero-order valence-corrected chi connectivity index (χ0v) is 16.5. The SMILES string of the molecule is Cc1cccc(C(=CCOCCN2CCC[C@@H](C(=O)O)C2)c2ccccc2)c1. The molecular weight excluding hydrogens is 350 g/mol. The third-order valence-corrected chi connectivity index (χ3v) is 5.23. The maximum absolute atomic E-state index is 11.2. The molecule has 148 valence electrons. The molecule has 1 fully saturated rings. The maximum Gasteiger partial charge on any atom is 0.307 e. The van der Waals surface area contributed by atoms with Gasteiger partial charge in [-0.15, -0.1) is 0 Å². The standard InChI is InChI=1S/C24H29NO3/c1-19-7-5-10-21(17-19)23(20-8-3-2-4-9-20)12-15-28-16-14-25-13-6-11-22(18-25)24(26)27/h2-5,7-10,12,17,22H,6,11,13-16,18H2,1H3,(H,26,27)/t22-/m1/s1. The molecule has 1 aliphatic heterocycles. The number of nitrogens with zero attached hydrogens (tertiary/aromatic N) is 1. The second kappa shape index (κ2) is 10.2. The Morgan fingerprint density at radius 2 is 1.96 bits per heavy atom. The van der Waals surface area contributed by atoms with Crippen LogP contribution in [0.4, 0.5) is 0 Å². The maximum atomic E-state index is 11.2. The van der Waals surface area contributed by atoms with Gasteiger partial charge in [-0.05, 0) is 43.0 Å². The number of piperidine rings is 1. The molecule has 0 bridgehead atoms. The van der Waals surface area contributed by atoms with Crippen molar-refractivity contribution in [1.29, 1.82) is 0 Å². The Morgan fingerprint density at radius 1 is 1.18 bits per heavy atom. The van der Waals surface area contributed by atoms with Crippen molar-refractivity contribution in [2.45, 2.75) is 19.8 Å². The summed E-state index contributed by atoms with van der Waals surface area (Å²) in [5.74, 6) is -0.918. The van der Waals surface area contributed by atoms with E-state index in [1.165, 1.54) is 22.3 Å². The zero-order chi connectivity index (χ0) is 19.8. The highest BCUT2D eigenvalue weighted by atomic mass is 16.5. The molecule has 0 aliphatic carbocycles. The number of likely N-dealkylation sites (tertiary alicyclic amines) is 1. The van der Waals surface area contributed by atoms with Crippen LogP contribution >= 0.6 is 0 Å². The molecule has 1 aliphatic rings. The van der Waals surface area contributed by atoms with E-state index in [9.17, 15) is 9.90 Å². The van der Waals surface area contributed by atoms with Crippen molar-refractivity contribution in [1.82, 2.24) is 4.90 Å². The molecule has 0 unspecified atom stereocenters. The first kappa shape index (κ1) is 20.3. The molecule has 1 N–H and O–H groups in total. The lowest BCUT2D eigenvalue weighted by Crippen LogP contribution is -2.40. The van der Waals surface area contributed by atoms with Crippen molar-refractivity contribution < 1.29 is 14.6 Å². The lowest BCUT2D eigenvalue weighted by molar-refractivity contribution is -0.143. The summed E-state index contributed by atoms with van der Waals surface area (Å²) in [7, 11) is 0. The van der Waals surface area contributed by atoms with Gasteiger partial charge in [-0.2, -0.15) is 0 Å². The lowest BCUT2D eigenvalue weighted by Gasteiger charge is -2.30. The van der Waals surface area contributed by atoms with E-state index in [1.807, 2.05) is 6.07 Å². The van der Waals surface area contributed by atoms with E-state index in [4.69, 9.17) is 4.74 Å². The van der Waals surface area contributed by atoms with Crippen LogP contribution in [0.2, 0.25) is 0 Å². The van der Waals surface area contributed by atoms with E-state index in [2.05, 4.69) is 66.4 Å². The molecule has 0 amide bonds. The Kier molecular flexibility index (Phi) is 7.40. The molecule has 0 aromatic heterocycles. The second-order valence-electron chi connectivity index (χ2n) is 7.41. The number of hydrogen-bond acceptors (Lipinski definition) is 3. The summed E-state index contributed by atoms with van der Waals surface area (Å²) in [5, 5.41) is 9.20. The van der Waals surface area contributed by atoms with E-state index < -0.39 is 5.97 Å². The van der Waals surface area contributed by atoms with E-state index in [0.717, 1.165) is 25.9 Å². The van der Waals surface area contributed by atoms with Crippen LogP contribution in [0, 0.1) is 12.8 Å². The first-order valence-electron chi connectivity index (χ1n) is 9.99. The molecule has 4 nitrogen and oxygen atoms in total. The Bertz CT molecular complexity index is 801. The van der Waals surface area contributed by atoms with Gasteiger partial charge in [0.2, 0.25) is 0 Å². The molecule has 0 saturated carbocycles. The average molecular weight is 380 g/mol. The fourth-order valence-electron chi connectivity index (χ4n) is 3.71. The van der Waals surface area contributed by atoms with Crippen molar-refractivity contribution in [3.8, 4) is 0 Å². The number of aryl methyl sites for hydroxylation is 1. The van der Waals surface area contributed by atoms with Crippen molar-refractivity contribution in [3.05, 3.63) is 77.4 Å². The largest absolute Gasteiger partial charge is 0.481 e. The van der Waals surface area contributed by atoms with Gasteiger partial charge in [-0.25, -0.2) is 0 Å². The summed E-state index contributed by atoms with van der Waals surface area (Å²) in [6.07, 6.45) is 3.87. The van der Waals surface area contributed by atoms with E-state index >= 15 is 0 Å². The number of ether oxygens (including phenoxy) is 1. The number of hydrogen-bond donors (Lipinski definition) is 1. The van der Waals surface area contributed by atoms with Crippen molar-refractivity contribution in [3.63, 3.8) is 0 Å². The summed E-state index contributed by atoms with van der Waals surface area (Å²) in [6, 6.07) is 18.9. The van der Waals surface area contributed by atoms with Gasteiger partial charge in [-0.3, -0.25) is 4.79 Å². The highest BCUT2D eigenvalue weighted by molar-refractivity contribution is 5.80. The van der Waals surface area contributed by atoms with Crippen molar-refractivity contribution in [2.75, 3.05) is 32.8 Å². The number of carbonyl (C=O) groups is 1. The Hall–Kier alpha value is -2.43. The molecule has 2 aromatic carbocycles. The van der Waals surface area contributed by atoms with Gasteiger partial charge in [0.1, 0.15) is 0 Å². The van der Waals surface area contributed by atoms with Gasteiger partial charge in [0.15, 0.2) is 0 Å². The Balaban J connectivity index is 1.57. The summed E-state index contributed by atoms with van der Waals surface area (Å²) >= 11 is 0. The molecule has 4 heteroatoms. The molecule has 3 rings (SSSR count). The van der Waals surface area contributed by atoms with Crippen LogP contribution < -0.4 is 0 Å². The van der Waals surface area contributed by atoms with Crippen LogP contribution in [0.15, 0.2) is 60.7 Å². The number of aliphatic carboxylic acids is 1. The van der Waals surface area contributed by atoms with Crippen LogP contribution in [0.3, 0.4) is 0 Å². The predicted octanol–water partition coefficient (Wildman–Crippen LogP) is 4.24. The number of carboxylic acid groups (broad SMARTS) is 1. The summed E-state index contributed by atoms with van der Waals surface area (Å²) in [5.41, 5.74) is 4.78. The lowest BCUT2D eigenvalue weighted by atomic mass is 9.96. The molecular formula is C24H29NO3. The molecule has 1 saturated heterocycles. The van der Waals surface area contributed by atoms with Gasteiger partial charge in [0.25, 0.3) is 0 Å². The number of carboxylic acids is 1. The molecule has 1 atom stereocenters. The highest BCUT2D eigenvalue weighted by Gasteiger charge is 2.24. The summed E-state index contributed by atoms with van der Waals surface area (Å²) < 4.78 is 5.87. The summed E-state index contributed by atoms with van der Waals surface area (Å²) in [4.78, 5) is 13.4. The van der Waals surface area contributed by atoms with Gasteiger partial charge < -0.3 is 14.7 Å². The van der Waals surface area contributed by atoms with Gasteiger partial charge in [0.05, 0.1) is 19.1 Å². The van der Waals surface area contributed by atoms with Crippen LogP contribution in [0.25, 0.3) is 5.57 Å². The van der Waals surface area contributed by atoms with Crippen molar-refractivity contribution >= 4 is 11.5 Å². The average Bonchev–Trinajstić information content (AvgIpc) is 2.71. The first-order chi connectivity index (χ1) is 13.6. The highest BCUT2D eigenvalue weighted by Crippen LogP contribution is 2.24. The Morgan fingerprint density at radius 3 is 2.71 bits per heavy atom. The molecule has 1 heterocycles. The van der Waals surface area contributed by atoms with Crippen LogP contribution in [-0.4, -0.2) is 48.8 Å². The van der Waals surface area contributed by atoms with Crippen LogP contribution in [0.5, 0.6) is 0 Å². The van der Waals surface area contributed by atoms with Crippen LogP contribution in [0.1, 0.15) is 29.5 Å². The van der Waals surface area contributed by atoms with Gasteiger partial charge in [-0.1, -0.05) is 66.2 Å². The monoisotopic (exact) mass is 379 g/mol. The second-order valence-corrected chi connectivity index (χ2v) is 7.41. The fourth-order valence-corrected chi connectivity index (χ4v) is 3.71. The van der Waals surface area contributed by atoms with E-state index in [0.29, 0.717) is 19.8 Å². The minimum Gasteiger partial charge on any atom is -0.481 e. The minimum atomic E-state index is -0.681. The Labute approximate surface area is 167 Å². The molecule has 0 radical (unpaired) electrons. The van der Waals surface area contributed by atoms with E-state index in [-0.39, 0.29) is 5.92 Å². The molecule has 28 heavy (non-hydrogen) atoms. The summed E-state index contributed by atoms with van der Waals surface area (Å²) in [6.45, 7) is 5.62. The van der Waals surface area contributed by atoms with Crippen LogP contribution in [-0.2, 0) is 9.53 Å². The fraction of sp³-hybridized carbons (Fsp3) is 0.375. The third kappa shape index (κ3) is 5.78. The van der Waals surface area contributed by atoms with E-state index in [1.54, 1.807) is 0 Å². The molecule has 0 spiro atoms. The zero-order valence-electron chi connectivity index (χ0n) is 16.5. The predicted molar refractivity (Wildman–Crippen MR) is 112 cm³/mol. The third-order valence-electron chi connectivity index (χ3n) is 5.23. The molecule has 2 aromatic rings. The minimum absolute atomic E-state index is 0.236. The van der Waals surface area contributed by atoms with Crippen molar-refractivity contribution in [2.24, 2.45) is 5.92 Å². The normalized spacial score (nSPS) is 18.2.